The minimum atomic E-state index is -3.97. The van der Waals surface area contributed by atoms with Crippen LogP contribution >= 0.6 is 12.2 Å². The summed E-state index contributed by atoms with van der Waals surface area (Å²) in [5.74, 6) is -0.868. The first-order valence-electron chi connectivity index (χ1n) is 9.31. The molecule has 0 N–H and O–H groups in total. The number of rotatable bonds is 5. The molecule has 9 nitrogen and oxygen atoms in total. The van der Waals surface area contributed by atoms with Crippen LogP contribution in [-0.2, 0) is 33.2 Å². The third-order valence-electron chi connectivity index (χ3n) is 4.74. The SMILES string of the molecule is Cc1ccc(S(=O)(=O)OC[C@H]2O[C@@H]3OC(C)(C)O[C@@H]3[C@H]2OC(=S)n2ccnc2)cc1. The first-order chi connectivity index (χ1) is 14.1. The summed E-state index contributed by atoms with van der Waals surface area (Å²) in [6, 6.07) is 6.38. The second-order valence-corrected chi connectivity index (χ2v) is 9.48. The van der Waals surface area contributed by atoms with Gasteiger partial charge in [0, 0.05) is 12.4 Å². The molecular formula is C19H22N2O7S2. The third-order valence-corrected chi connectivity index (χ3v) is 6.34. The van der Waals surface area contributed by atoms with Gasteiger partial charge in [0.2, 0.25) is 0 Å². The van der Waals surface area contributed by atoms with Crippen LogP contribution in [0.4, 0.5) is 0 Å². The highest BCUT2D eigenvalue weighted by molar-refractivity contribution is 7.86. The van der Waals surface area contributed by atoms with Crippen LogP contribution in [0.3, 0.4) is 0 Å². The van der Waals surface area contributed by atoms with Gasteiger partial charge in [0.1, 0.15) is 12.4 Å². The van der Waals surface area contributed by atoms with Gasteiger partial charge in [-0.2, -0.15) is 8.42 Å². The van der Waals surface area contributed by atoms with E-state index < -0.39 is 40.5 Å². The predicted octanol–water partition coefficient (Wildman–Crippen LogP) is 1.99. The molecule has 2 saturated heterocycles. The van der Waals surface area contributed by atoms with Gasteiger partial charge < -0.3 is 18.9 Å². The van der Waals surface area contributed by atoms with Gasteiger partial charge in [-0.1, -0.05) is 17.7 Å². The molecule has 2 aliphatic heterocycles. The first kappa shape index (κ1) is 21.3. The van der Waals surface area contributed by atoms with Crippen molar-refractivity contribution in [1.29, 1.82) is 0 Å². The Bertz CT molecular complexity index is 1010. The average molecular weight is 455 g/mol. The number of fused-ring (bicyclic) bond motifs is 1. The molecule has 2 fully saturated rings. The van der Waals surface area contributed by atoms with Crippen molar-refractivity contribution in [3.05, 3.63) is 48.5 Å². The fourth-order valence-electron chi connectivity index (χ4n) is 3.30. The summed E-state index contributed by atoms with van der Waals surface area (Å²) in [5, 5.41) is 0.126. The van der Waals surface area contributed by atoms with Crippen molar-refractivity contribution < 1.29 is 31.5 Å². The Morgan fingerprint density at radius 2 is 2.00 bits per heavy atom. The number of thiocarbonyl (C=S) groups is 1. The largest absolute Gasteiger partial charge is 0.461 e. The molecule has 11 heteroatoms. The molecule has 30 heavy (non-hydrogen) atoms. The van der Waals surface area contributed by atoms with Crippen LogP contribution in [0.5, 0.6) is 0 Å². The Morgan fingerprint density at radius 1 is 1.27 bits per heavy atom. The zero-order valence-corrected chi connectivity index (χ0v) is 18.3. The molecule has 2 aliphatic rings. The maximum atomic E-state index is 12.5. The third kappa shape index (κ3) is 4.41. The highest BCUT2D eigenvalue weighted by atomic mass is 32.2. The Morgan fingerprint density at radius 3 is 2.67 bits per heavy atom. The van der Waals surface area contributed by atoms with Crippen molar-refractivity contribution in [3.63, 3.8) is 0 Å². The number of hydrogen-bond acceptors (Lipinski definition) is 9. The van der Waals surface area contributed by atoms with E-state index in [2.05, 4.69) is 4.98 Å². The minimum absolute atomic E-state index is 0.0614. The molecule has 3 heterocycles. The van der Waals surface area contributed by atoms with E-state index in [0.29, 0.717) is 0 Å². The van der Waals surface area contributed by atoms with Crippen LogP contribution < -0.4 is 0 Å². The Balaban J connectivity index is 1.49. The summed E-state index contributed by atoms with van der Waals surface area (Å²) in [5.41, 5.74) is 0.944. The number of hydrogen-bond donors (Lipinski definition) is 0. The van der Waals surface area contributed by atoms with Crippen molar-refractivity contribution >= 4 is 27.5 Å². The second kappa shape index (κ2) is 7.98. The van der Waals surface area contributed by atoms with Crippen LogP contribution in [0, 0.1) is 6.92 Å². The molecule has 0 amide bonds. The quantitative estimate of drug-likeness (QED) is 0.496. The highest BCUT2D eigenvalue weighted by Crippen LogP contribution is 2.39. The van der Waals surface area contributed by atoms with Crippen LogP contribution in [0.2, 0.25) is 0 Å². The molecule has 0 spiro atoms. The lowest BCUT2D eigenvalue weighted by Crippen LogP contribution is -2.41. The normalized spacial score (nSPS) is 27.7. The van der Waals surface area contributed by atoms with Gasteiger partial charge in [0.15, 0.2) is 24.3 Å². The van der Waals surface area contributed by atoms with Crippen LogP contribution in [0.15, 0.2) is 47.9 Å². The van der Waals surface area contributed by atoms with E-state index in [4.69, 9.17) is 35.3 Å². The average Bonchev–Trinajstić information content (AvgIpc) is 3.37. The lowest BCUT2D eigenvalue weighted by atomic mass is 10.1. The predicted molar refractivity (Wildman–Crippen MR) is 108 cm³/mol. The number of nitrogens with zero attached hydrogens (tertiary/aromatic N) is 2. The topological polar surface area (TPSA) is 98.1 Å². The molecule has 0 radical (unpaired) electrons. The lowest BCUT2D eigenvalue weighted by molar-refractivity contribution is -0.216. The zero-order chi connectivity index (χ0) is 21.5. The Kier molecular flexibility index (Phi) is 5.68. The smallest absolute Gasteiger partial charge is 0.297 e. The standard InChI is InChI=1S/C19H22N2O7S2/c1-12-4-6-13(7-5-12)30(22,23)24-10-14-15(26-18(29)21-9-8-20-11-21)16-17(25-14)28-19(2,3)27-16/h4-9,11,14-17H,10H2,1-3H3/t14-,15+,16-,17-/m1/s1. The summed E-state index contributed by atoms with van der Waals surface area (Å²) >= 11 is 5.32. The molecule has 4 atom stereocenters. The number of benzene rings is 1. The lowest BCUT2D eigenvalue weighted by Gasteiger charge is -2.26. The molecule has 0 saturated carbocycles. The Hall–Kier alpha value is -1.89. The maximum absolute atomic E-state index is 12.5. The molecule has 1 aromatic heterocycles. The number of ether oxygens (including phenoxy) is 4. The van der Waals surface area contributed by atoms with Crippen molar-refractivity contribution in [3.8, 4) is 0 Å². The summed E-state index contributed by atoms with van der Waals surface area (Å²) in [4.78, 5) is 4.00. The van der Waals surface area contributed by atoms with E-state index in [0.717, 1.165) is 5.56 Å². The molecule has 2 aromatic rings. The first-order valence-corrected chi connectivity index (χ1v) is 11.1. The summed E-state index contributed by atoms with van der Waals surface area (Å²) in [6.07, 6.45) is 1.86. The fourth-order valence-corrected chi connectivity index (χ4v) is 4.44. The van der Waals surface area contributed by atoms with E-state index >= 15 is 0 Å². The molecule has 0 unspecified atom stereocenters. The number of aryl methyl sites for hydroxylation is 1. The number of aromatic nitrogens is 2. The summed E-state index contributed by atoms with van der Waals surface area (Å²) in [7, 11) is -3.97. The van der Waals surface area contributed by atoms with E-state index in [1.807, 2.05) is 6.92 Å². The van der Waals surface area contributed by atoms with Gasteiger partial charge in [-0.05, 0) is 45.1 Å². The minimum Gasteiger partial charge on any atom is -0.461 e. The van der Waals surface area contributed by atoms with Crippen molar-refractivity contribution in [1.82, 2.24) is 9.55 Å². The zero-order valence-electron chi connectivity index (χ0n) is 16.6. The summed E-state index contributed by atoms with van der Waals surface area (Å²) in [6.45, 7) is 5.10. The Labute approximate surface area is 180 Å². The van der Waals surface area contributed by atoms with Crippen molar-refractivity contribution in [2.45, 2.75) is 56.1 Å². The van der Waals surface area contributed by atoms with Gasteiger partial charge in [0.05, 0.1) is 11.5 Å². The van der Waals surface area contributed by atoms with Crippen molar-refractivity contribution in [2.75, 3.05) is 6.61 Å². The van der Waals surface area contributed by atoms with E-state index in [-0.39, 0.29) is 16.7 Å². The molecule has 0 aliphatic carbocycles. The van der Waals surface area contributed by atoms with Gasteiger partial charge in [0.25, 0.3) is 15.3 Å². The van der Waals surface area contributed by atoms with Crippen LogP contribution in [0.1, 0.15) is 19.4 Å². The van der Waals surface area contributed by atoms with Gasteiger partial charge >= 0.3 is 0 Å². The van der Waals surface area contributed by atoms with E-state index in [1.54, 1.807) is 38.4 Å². The van der Waals surface area contributed by atoms with Gasteiger partial charge in [-0.15, -0.1) is 0 Å². The molecular weight excluding hydrogens is 432 g/mol. The summed E-state index contributed by atoms with van der Waals surface area (Å²) < 4.78 is 55.3. The monoisotopic (exact) mass is 454 g/mol. The van der Waals surface area contributed by atoms with Crippen molar-refractivity contribution in [2.24, 2.45) is 0 Å². The van der Waals surface area contributed by atoms with E-state index in [1.165, 1.54) is 23.0 Å². The van der Waals surface area contributed by atoms with Crippen LogP contribution in [0.25, 0.3) is 0 Å². The molecule has 4 rings (SSSR count). The molecule has 162 valence electrons. The highest BCUT2D eigenvalue weighted by Gasteiger charge is 2.56. The second-order valence-electron chi connectivity index (χ2n) is 7.51. The maximum Gasteiger partial charge on any atom is 0.297 e. The van der Waals surface area contributed by atoms with Crippen LogP contribution in [-0.4, -0.2) is 60.1 Å². The number of imidazole rings is 1. The van der Waals surface area contributed by atoms with Gasteiger partial charge in [-0.25, -0.2) is 4.98 Å². The fraction of sp³-hybridized carbons (Fsp3) is 0.474. The molecule has 1 aromatic carbocycles. The van der Waals surface area contributed by atoms with Gasteiger partial charge in [-0.3, -0.25) is 8.75 Å². The molecule has 0 bridgehead atoms. The van der Waals surface area contributed by atoms with E-state index in [9.17, 15) is 8.42 Å².